The number of benzene rings is 2. The van der Waals surface area contributed by atoms with Crippen molar-refractivity contribution < 1.29 is 19.0 Å². The maximum atomic E-state index is 14.5. The minimum atomic E-state index is -1.24. The second kappa shape index (κ2) is 8.23. The molecule has 4 nitrogen and oxygen atoms in total. The molecule has 2 N–H and O–H groups in total. The fourth-order valence-electron chi connectivity index (χ4n) is 4.09. The summed E-state index contributed by atoms with van der Waals surface area (Å²) in [5.74, 6) is -1.65. The molecule has 0 bridgehead atoms. The van der Waals surface area contributed by atoms with Crippen molar-refractivity contribution in [3.63, 3.8) is 0 Å². The van der Waals surface area contributed by atoms with Crippen LogP contribution in [0.15, 0.2) is 30.3 Å². The van der Waals surface area contributed by atoms with Gasteiger partial charge in [-0.1, -0.05) is 29.3 Å². The van der Waals surface area contributed by atoms with Crippen LogP contribution in [0.2, 0.25) is 10.0 Å². The van der Waals surface area contributed by atoms with Crippen LogP contribution in [0.25, 0.3) is 0 Å². The number of halogens is 3. The first-order valence-corrected chi connectivity index (χ1v) is 10.5. The third kappa shape index (κ3) is 4.58. The summed E-state index contributed by atoms with van der Waals surface area (Å²) in [5, 5.41) is 13.7. The zero-order valence-corrected chi connectivity index (χ0v) is 17.3. The van der Waals surface area contributed by atoms with E-state index in [1.54, 1.807) is 6.07 Å². The lowest BCUT2D eigenvalue weighted by molar-refractivity contribution is -0.0650. The van der Waals surface area contributed by atoms with Gasteiger partial charge >= 0.3 is 5.97 Å². The van der Waals surface area contributed by atoms with E-state index in [-0.39, 0.29) is 5.56 Å². The first-order valence-electron chi connectivity index (χ1n) is 9.71. The molecular weight excluding hydrogens is 416 g/mol. The maximum Gasteiger partial charge on any atom is 0.338 e. The van der Waals surface area contributed by atoms with Crippen LogP contribution in [0.3, 0.4) is 0 Å². The average molecular weight is 438 g/mol. The molecule has 0 radical (unpaired) electrons. The minimum absolute atomic E-state index is 0.267. The lowest BCUT2D eigenvalue weighted by Gasteiger charge is -2.39. The molecule has 2 aromatic carbocycles. The number of morpholine rings is 1. The summed E-state index contributed by atoms with van der Waals surface area (Å²) in [6, 6.07) is 8.41. The summed E-state index contributed by atoms with van der Waals surface area (Å²) in [7, 11) is 0. The van der Waals surface area contributed by atoms with Crippen molar-refractivity contribution in [2.45, 2.75) is 37.2 Å². The average Bonchev–Trinajstić information content (AvgIpc) is 3.50. The monoisotopic (exact) mass is 437 g/mol. The van der Waals surface area contributed by atoms with E-state index in [9.17, 15) is 14.3 Å². The predicted octanol–water partition coefficient (Wildman–Crippen LogP) is 4.85. The van der Waals surface area contributed by atoms with Crippen LogP contribution in [0.5, 0.6) is 0 Å². The molecule has 1 aliphatic carbocycles. The zero-order chi connectivity index (χ0) is 20.6. The summed E-state index contributed by atoms with van der Waals surface area (Å²) >= 11 is 12.2. The van der Waals surface area contributed by atoms with Gasteiger partial charge in [0.1, 0.15) is 5.82 Å². The molecule has 1 saturated carbocycles. The SMILES string of the molecule is O=C(O)c1cc(C2CC2)c(C[C@]2(Cc3ccc(Cl)c(Cl)c3)CNCCO2)cc1F. The smallest absolute Gasteiger partial charge is 0.338 e. The van der Waals surface area contributed by atoms with Crippen LogP contribution in [0.1, 0.15) is 45.8 Å². The highest BCUT2D eigenvalue weighted by atomic mass is 35.5. The van der Waals surface area contributed by atoms with E-state index in [0.29, 0.717) is 42.0 Å². The third-order valence-corrected chi connectivity index (χ3v) is 6.37. The number of carboxylic acids is 1. The van der Waals surface area contributed by atoms with Gasteiger partial charge in [-0.2, -0.15) is 0 Å². The van der Waals surface area contributed by atoms with Crippen LogP contribution in [0, 0.1) is 5.82 Å². The van der Waals surface area contributed by atoms with Gasteiger partial charge in [0.25, 0.3) is 0 Å². The van der Waals surface area contributed by atoms with E-state index in [4.69, 9.17) is 27.9 Å². The molecule has 7 heteroatoms. The summed E-state index contributed by atoms with van der Waals surface area (Å²) in [4.78, 5) is 11.4. The van der Waals surface area contributed by atoms with Gasteiger partial charge in [-0.3, -0.25) is 0 Å². The van der Waals surface area contributed by atoms with Gasteiger partial charge in [-0.25, -0.2) is 9.18 Å². The number of hydrogen-bond acceptors (Lipinski definition) is 3. The van der Waals surface area contributed by atoms with Gasteiger partial charge in [-0.05, 0) is 59.7 Å². The number of rotatable bonds is 6. The molecule has 0 spiro atoms. The molecule has 0 amide bonds. The van der Waals surface area contributed by atoms with E-state index in [0.717, 1.165) is 36.1 Å². The Balaban J connectivity index is 1.69. The third-order valence-electron chi connectivity index (χ3n) is 5.63. The van der Waals surface area contributed by atoms with E-state index in [2.05, 4.69) is 5.32 Å². The second-order valence-electron chi connectivity index (χ2n) is 7.92. The van der Waals surface area contributed by atoms with Gasteiger partial charge in [-0.15, -0.1) is 0 Å². The van der Waals surface area contributed by atoms with Crippen molar-refractivity contribution in [1.82, 2.24) is 5.32 Å². The first kappa shape index (κ1) is 20.6. The molecule has 0 aromatic heterocycles. The Labute approximate surface area is 179 Å². The first-order chi connectivity index (χ1) is 13.9. The van der Waals surface area contributed by atoms with E-state index in [1.807, 2.05) is 12.1 Å². The standard InChI is InChI=1S/C22H22Cl2FNO3/c23-18-4-1-13(7-19(18)24)10-22(12-26-5-6-29-22)11-15-8-20(25)17(21(27)28)9-16(15)14-2-3-14/h1,4,7-9,14,26H,2-3,5-6,10-12H2,(H,27,28)/t22-/m1/s1. The summed E-state index contributed by atoms with van der Waals surface area (Å²) in [5.41, 5.74) is 1.89. The number of ether oxygens (including phenoxy) is 1. The molecule has 1 atom stereocenters. The highest BCUT2D eigenvalue weighted by Crippen LogP contribution is 2.43. The highest BCUT2D eigenvalue weighted by molar-refractivity contribution is 6.42. The molecule has 2 fully saturated rings. The van der Waals surface area contributed by atoms with E-state index in [1.165, 1.54) is 12.1 Å². The van der Waals surface area contributed by atoms with Crippen molar-refractivity contribution in [3.05, 3.63) is 68.4 Å². The van der Waals surface area contributed by atoms with Crippen molar-refractivity contribution >= 4 is 29.2 Å². The van der Waals surface area contributed by atoms with Crippen molar-refractivity contribution in [1.29, 1.82) is 0 Å². The van der Waals surface area contributed by atoms with Crippen LogP contribution >= 0.6 is 23.2 Å². The number of nitrogens with one attached hydrogen (secondary N) is 1. The van der Waals surface area contributed by atoms with Crippen molar-refractivity contribution in [3.8, 4) is 0 Å². The number of aromatic carboxylic acids is 1. The predicted molar refractivity (Wildman–Crippen MR) is 111 cm³/mol. The molecule has 29 heavy (non-hydrogen) atoms. The summed E-state index contributed by atoms with van der Waals surface area (Å²) in [6.07, 6.45) is 3.07. The largest absolute Gasteiger partial charge is 0.478 e. The second-order valence-corrected chi connectivity index (χ2v) is 8.73. The van der Waals surface area contributed by atoms with Gasteiger partial charge < -0.3 is 15.2 Å². The van der Waals surface area contributed by atoms with E-state index >= 15 is 0 Å². The summed E-state index contributed by atoms with van der Waals surface area (Å²) < 4.78 is 20.7. The topological polar surface area (TPSA) is 58.6 Å². The molecule has 0 unspecified atom stereocenters. The van der Waals surface area contributed by atoms with Crippen LogP contribution in [0.4, 0.5) is 4.39 Å². The van der Waals surface area contributed by atoms with Crippen LogP contribution in [-0.4, -0.2) is 36.4 Å². The van der Waals surface area contributed by atoms with Crippen molar-refractivity contribution in [2.24, 2.45) is 0 Å². The Bertz CT molecular complexity index is 940. The fourth-order valence-corrected chi connectivity index (χ4v) is 4.41. The molecule has 1 saturated heterocycles. The molecular formula is C22H22Cl2FNO3. The number of carboxylic acid groups (broad SMARTS) is 1. The Morgan fingerprint density at radius 2 is 2.00 bits per heavy atom. The number of carbonyl (C=O) groups is 1. The number of hydrogen-bond donors (Lipinski definition) is 2. The van der Waals surface area contributed by atoms with Gasteiger partial charge in [0.15, 0.2) is 0 Å². The Morgan fingerprint density at radius 1 is 1.21 bits per heavy atom. The van der Waals surface area contributed by atoms with Crippen LogP contribution < -0.4 is 5.32 Å². The molecule has 4 rings (SSSR count). The quantitative estimate of drug-likeness (QED) is 0.677. The van der Waals surface area contributed by atoms with Gasteiger partial charge in [0, 0.05) is 25.9 Å². The molecule has 1 aliphatic heterocycles. The van der Waals surface area contributed by atoms with Gasteiger partial charge in [0.05, 0.1) is 27.8 Å². The normalized spacial score (nSPS) is 21.9. The van der Waals surface area contributed by atoms with E-state index < -0.39 is 17.4 Å². The highest BCUT2D eigenvalue weighted by Gasteiger charge is 2.37. The lowest BCUT2D eigenvalue weighted by Crippen LogP contribution is -2.52. The molecule has 1 heterocycles. The fraction of sp³-hybridized carbons (Fsp3) is 0.409. The zero-order valence-electron chi connectivity index (χ0n) is 15.8. The summed E-state index contributed by atoms with van der Waals surface area (Å²) in [6.45, 7) is 1.92. The maximum absolute atomic E-state index is 14.5. The Hall–Kier alpha value is -1.66. The minimum Gasteiger partial charge on any atom is -0.478 e. The van der Waals surface area contributed by atoms with Crippen LogP contribution in [-0.2, 0) is 17.6 Å². The molecule has 154 valence electrons. The molecule has 2 aromatic rings. The molecule has 2 aliphatic rings. The van der Waals surface area contributed by atoms with Gasteiger partial charge in [0.2, 0.25) is 0 Å². The van der Waals surface area contributed by atoms with Crippen molar-refractivity contribution in [2.75, 3.05) is 19.7 Å². The Kier molecular flexibility index (Phi) is 5.85. The lowest BCUT2D eigenvalue weighted by atomic mass is 9.84. The Morgan fingerprint density at radius 3 is 2.62 bits per heavy atom.